The molecule has 3 atom stereocenters. The summed E-state index contributed by atoms with van der Waals surface area (Å²) in [6, 6.07) is 3.89. The number of nitrogens with zero attached hydrogens (tertiary/aromatic N) is 1. The molecule has 3 rings (SSSR count). The fourth-order valence-electron chi connectivity index (χ4n) is 3.36. The average Bonchev–Trinajstić information content (AvgIpc) is 2.79. The molecule has 2 aliphatic rings. The highest BCUT2D eigenvalue weighted by Crippen LogP contribution is 2.43. The van der Waals surface area contributed by atoms with Crippen LogP contribution in [0.3, 0.4) is 0 Å². The molecule has 6 nitrogen and oxygen atoms in total. The summed E-state index contributed by atoms with van der Waals surface area (Å²) in [7, 11) is 0. The molecule has 0 N–H and O–H groups in total. The summed E-state index contributed by atoms with van der Waals surface area (Å²) in [6.45, 7) is 6.82. The zero-order chi connectivity index (χ0) is 18.8. The van der Waals surface area contributed by atoms with Crippen LogP contribution in [0.1, 0.15) is 58.4 Å². The highest BCUT2D eigenvalue weighted by atomic mass is 19.1. The molecule has 1 saturated carbocycles. The summed E-state index contributed by atoms with van der Waals surface area (Å²) in [6.07, 6.45) is 2.33. The van der Waals surface area contributed by atoms with Crippen LogP contribution in [0.15, 0.2) is 18.2 Å². The second kappa shape index (κ2) is 7.58. The number of rotatable bonds is 2. The van der Waals surface area contributed by atoms with E-state index >= 15 is 0 Å². The number of ketones is 1. The number of hydrogen-bond acceptors (Lipinski definition) is 5. The van der Waals surface area contributed by atoms with Crippen molar-refractivity contribution in [2.75, 3.05) is 0 Å². The fourth-order valence-corrected chi connectivity index (χ4v) is 3.36. The van der Waals surface area contributed by atoms with Crippen LogP contribution in [0, 0.1) is 15.9 Å². The monoisotopic (exact) mass is 353 g/mol. The molecular formula is C18H24FNO5. The number of carbonyl (C=O) groups is 1. The third-order valence-corrected chi connectivity index (χ3v) is 4.24. The Kier molecular flexibility index (Phi) is 5.90. The quantitative estimate of drug-likeness (QED) is 0.590. The number of nitro benzene ring substituents is 1. The molecular weight excluding hydrogens is 329 g/mol. The van der Waals surface area contributed by atoms with Gasteiger partial charge in [-0.15, -0.1) is 0 Å². The number of benzene rings is 1. The molecule has 0 radical (unpaired) electrons. The van der Waals surface area contributed by atoms with Gasteiger partial charge in [0.25, 0.3) is 5.69 Å². The van der Waals surface area contributed by atoms with Crippen molar-refractivity contribution < 1.29 is 23.6 Å². The van der Waals surface area contributed by atoms with Crippen molar-refractivity contribution in [1.29, 1.82) is 0 Å². The van der Waals surface area contributed by atoms with Gasteiger partial charge in [0.15, 0.2) is 5.79 Å². The molecule has 1 saturated heterocycles. The molecule has 0 bridgehead atoms. The predicted octanol–water partition coefficient (Wildman–Crippen LogP) is 4.12. The van der Waals surface area contributed by atoms with Crippen molar-refractivity contribution in [2.45, 2.75) is 70.9 Å². The topological polar surface area (TPSA) is 78.7 Å². The van der Waals surface area contributed by atoms with Crippen molar-refractivity contribution in [3.63, 3.8) is 0 Å². The number of halogens is 1. The predicted molar refractivity (Wildman–Crippen MR) is 89.8 cm³/mol. The number of ether oxygens (including phenoxy) is 2. The molecule has 2 fully saturated rings. The Balaban J connectivity index is 0.000000511. The Labute approximate surface area is 146 Å². The molecule has 1 aliphatic heterocycles. The van der Waals surface area contributed by atoms with Gasteiger partial charge >= 0.3 is 0 Å². The first-order valence-electron chi connectivity index (χ1n) is 8.35. The molecule has 1 aliphatic carbocycles. The minimum absolute atomic E-state index is 0.0181. The maximum absolute atomic E-state index is 14.1. The average molecular weight is 353 g/mol. The molecule has 138 valence electrons. The van der Waals surface area contributed by atoms with Gasteiger partial charge in [-0.2, -0.15) is 0 Å². The Hall–Kier alpha value is -1.86. The normalized spacial score (nSPS) is 27.0. The van der Waals surface area contributed by atoms with Crippen LogP contribution in [-0.4, -0.2) is 28.7 Å². The summed E-state index contributed by atoms with van der Waals surface area (Å²) in [4.78, 5) is 19.5. The van der Waals surface area contributed by atoms with Gasteiger partial charge in [0.05, 0.1) is 23.2 Å². The first kappa shape index (κ1) is 19.5. The number of nitro groups is 1. The van der Waals surface area contributed by atoms with E-state index < -0.39 is 16.5 Å². The minimum atomic E-state index is -0.585. The molecule has 1 aromatic rings. The standard InChI is InChI=1S/C15H18FNO4.C3H6O/c1-15(2)20-13-6-3-9(7-14(13)21-15)11-5-4-10(17(18)19)8-12(11)16;1-3(2)4/h4-5,8-9,13-14H,3,6-7H2,1-2H3;1-2H3. The summed E-state index contributed by atoms with van der Waals surface area (Å²) in [5, 5.41) is 10.7. The van der Waals surface area contributed by atoms with Gasteiger partial charge in [-0.1, -0.05) is 0 Å². The highest BCUT2D eigenvalue weighted by Gasteiger charge is 2.45. The van der Waals surface area contributed by atoms with E-state index in [4.69, 9.17) is 9.47 Å². The van der Waals surface area contributed by atoms with E-state index in [0.717, 1.165) is 18.9 Å². The summed E-state index contributed by atoms with van der Waals surface area (Å²) >= 11 is 0. The van der Waals surface area contributed by atoms with E-state index in [1.54, 1.807) is 0 Å². The number of hydrogen-bond donors (Lipinski definition) is 0. The van der Waals surface area contributed by atoms with E-state index in [1.165, 1.54) is 26.0 Å². The number of carbonyl (C=O) groups excluding carboxylic acids is 1. The van der Waals surface area contributed by atoms with Gasteiger partial charge in [0.1, 0.15) is 11.6 Å². The largest absolute Gasteiger partial charge is 0.345 e. The summed E-state index contributed by atoms with van der Waals surface area (Å²) in [5.41, 5.74) is 0.318. The molecule has 7 heteroatoms. The van der Waals surface area contributed by atoms with E-state index in [2.05, 4.69) is 0 Å². The molecule has 0 spiro atoms. The van der Waals surface area contributed by atoms with Crippen molar-refractivity contribution in [2.24, 2.45) is 0 Å². The Morgan fingerprint density at radius 2 is 1.84 bits per heavy atom. The third-order valence-electron chi connectivity index (χ3n) is 4.24. The van der Waals surface area contributed by atoms with Crippen LogP contribution in [0.4, 0.5) is 10.1 Å². The van der Waals surface area contributed by atoms with Crippen molar-refractivity contribution in [1.82, 2.24) is 0 Å². The molecule has 3 unspecified atom stereocenters. The second-order valence-corrected chi connectivity index (χ2v) is 7.09. The van der Waals surface area contributed by atoms with Crippen LogP contribution < -0.4 is 0 Å². The lowest BCUT2D eigenvalue weighted by molar-refractivity contribution is -0.385. The maximum atomic E-state index is 14.1. The first-order valence-corrected chi connectivity index (χ1v) is 8.35. The minimum Gasteiger partial charge on any atom is -0.345 e. The molecule has 0 aromatic heterocycles. The van der Waals surface area contributed by atoms with Gasteiger partial charge in [-0.25, -0.2) is 4.39 Å². The van der Waals surface area contributed by atoms with E-state index in [1.807, 2.05) is 13.8 Å². The van der Waals surface area contributed by atoms with Crippen molar-refractivity contribution in [3.05, 3.63) is 39.7 Å². The maximum Gasteiger partial charge on any atom is 0.272 e. The van der Waals surface area contributed by atoms with E-state index in [0.29, 0.717) is 12.0 Å². The van der Waals surface area contributed by atoms with Gasteiger partial charge in [-0.05, 0) is 64.5 Å². The Bertz CT molecular complexity index is 657. The van der Waals surface area contributed by atoms with Crippen LogP contribution >= 0.6 is 0 Å². The molecule has 1 aromatic carbocycles. The smallest absolute Gasteiger partial charge is 0.272 e. The lowest BCUT2D eigenvalue weighted by Crippen LogP contribution is -2.30. The second-order valence-electron chi connectivity index (χ2n) is 7.09. The van der Waals surface area contributed by atoms with Gasteiger partial charge in [0.2, 0.25) is 0 Å². The Morgan fingerprint density at radius 3 is 2.40 bits per heavy atom. The van der Waals surface area contributed by atoms with Crippen molar-refractivity contribution in [3.8, 4) is 0 Å². The van der Waals surface area contributed by atoms with E-state index in [-0.39, 0.29) is 29.6 Å². The first-order chi connectivity index (χ1) is 11.6. The zero-order valence-corrected chi connectivity index (χ0v) is 15.0. The van der Waals surface area contributed by atoms with Gasteiger partial charge in [-0.3, -0.25) is 10.1 Å². The number of Topliss-reactive ketones (excluding diaryl/α,β-unsaturated/α-hetero) is 1. The highest BCUT2D eigenvalue weighted by molar-refractivity contribution is 5.72. The van der Waals surface area contributed by atoms with Crippen LogP contribution in [0.25, 0.3) is 0 Å². The SMILES string of the molecule is CC(C)=O.CC1(C)OC2CCC(c3ccc([N+](=O)[O-])cc3F)CC2O1. The summed E-state index contributed by atoms with van der Waals surface area (Å²) in [5.74, 6) is -0.909. The van der Waals surface area contributed by atoms with Crippen LogP contribution in [-0.2, 0) is 14.3 Å². The van der Waals surface area contributed by atoms with Crippen LogP contribution in [0.2, 0.25) is 0 Å². The van der Waals surface area contributed by atoms with Gasteiger partial charge < -0.3 is 14.3 Å². The van der Waals surface area contributed by atoms with Crippen molar-refractivity contribution >= 4 is 11.5 Å². The summed E-state index contributed by atoms with van der Waals surface area (Å²) < 4.78 is 25.8. The fraction of sp³-hybridized carbons (Fsp3) is 0.611. The third kappa shape index (κ3) is 5.06. The van der Waals surface area contributed by atoms with Gasteiger partial charge in [0, 0.05) is 6.07 Å². The number of fused-ring (bicyclic) bond motifs is 1. The van der Waals surface area contributed by atoms with E-state index in [9.17, 15) is 19.3 Å². The van der Waals surface area contributed by atoms with Crippen LogP contribution in [0.5, 0.6) is 0 Å². The molecule has 0 amide bonds. The zero-order valence-electron chi connectivity index (χ0n) is 15.0. The lowest BCUT2D eigenvalue weighted by atomic mass is 9.81. The lowest BCUT2D eigenvalue weighted by Gasteiger charge is -2.29. The molecule has 25 heavy (non-hydrogen) atoms. The molecule has 1 heterocycles. The number of non-ortho nitro benzene ring substituents is 1. The Morgan fingerprint density at radius 1 is 1.24 bits per heavy atom.